The van der Waals surface area contributed by atoms with Crippen LogP contribution >= 0.6 is 0 Å². The number of hydrogen-bond donors (Lipinski definition) is 1. The van der Waals surface area contributed by atoms with Gasteiger partial charge in [0.05, 0.1) is 0 Å². The molecule has 0 aromatic heterocycles. The maximum Gasteiger partial charge on any atom is 0.0459 e. The molecule has 2 unspecified atom stereocenters. The number of rotatable bonds is 9. The van der Waals surface area contributed by atoms with E-state index in [1.165, 1.54) is 37.7 Å². The molecule has 18 heavy (non-hydrogen) atoms. The van der Waals surface area contributed by atoms with E-state index in [4.69, 9.17) is 0 Å². The van der Waals surface area contributed by atoms with Crippen molar-refractivity contribution in [3.05, 3.63) is 35.9 Å². The Morgan fingerprint density at radius 1 is 1.00 bits per heavy atom. The zero-order chi connectivity index (χ0) is 13.2. The summed E-state index contributed by atoms with van der Waals surface area (Å²) in [6, 6.07) is 10.7. The van der Waals surface area contributed by atoms with Crippen LogP contribution in [0.3, 0.4) is 0 Å². The van der Waals surface area contributed by atoms with E-state index in [2.05, 4.69) is 44.2 Å². The van der Waals surface area contributed by atoms with Crippen LogP contribution in [0.25, 0.3) is 0 Å². The molecule has 0 aliphatic carbocycles. The van der Waals surface area contributed by atoms with Gasteiger partial charge in [-0.05, 0) is 36.7 Å². The van der Waals surface area contributed by atoms with Gasteiger partial charge in [-0.2, -0.15) is 0 Å². The van der Waals surface area contributed by atoms with E-state index < -0.39 is 0 Å². The minimum Gasteiger partial charge on any atom is -0.396 e. The summed E-state index contributed by atoms with van der Waals surface area (Å²) in [5.41, 5.74) is 1.42. The van der Waals surface area contributed by atoms with Crippen molar-refractivity contribution in [2.24, 2.45) is 5.92 Å². The number of aliphatic hydroxyl groups is 1. The van der Waals surface area contributed by atoms with Crippen molar-refractivity contribution < 1.29 is 5.11 Å². The van der Waals surface area contributed by atoms with Crippen molar-refractivity contribution in [2.45, 2.75) is 58.3 Å². The van der Waals surface area contributed by atoms with Crippen LogP contribution in [-0.2, 0) is 0 Å². The molecule has 1 heteroatoms. The van der Waals surface area contributed by atoms with Gasteiger partial charge in [0.25, 0.3) is 0 Å². The molecule has 0 aliphatic heterocycles. The van der Waals surface area contributed by atoms with Crippen molar-refractivity contribution in [3.63, 3.8) is 0 Å². The van der Waals surface area contributed by atoms with Crippen molar-refractivity contribution >= 4 is 0 Å². The van der Waals surface area contributed by atoms with Crippen LogP contribution in [0.15, 0.2) is 30.3 Å². The summed E-state index contributed by atoms with van der Waals surface area (Å²) < 4.78 is 0. The SMILES string of the molecule is CCCCCC(CO)CCC(C)c1ccccc1. The smallest absolute Gasteiger partial charge is 0.0459 e. The average Bonchev–Trinajstić information content (AvgIpc) is 2.43. The second-order valence-corrected chi connectivity index (χ2v) is 5.43. The first-order valence-electron chi connectivity index (χ1n) is 7.43. The molecule has 1 nitrogen and oxygen atoms in total. The third-order valence-corrected chi connectivity index (χ3v) is 3.85. The van der Waals surface area contributed by atoms with E-state index in [-0.39, 0.29) is 0 Å². The lowest BCUT2D eigenvalue weighted by atomic mass is 9.90. The number of hydrogen-bond acceptors (Lipinski definition) is 1. The van der Waals surface area contributed by atoms with Crippen molar-refractivity contribution in [3.8, 4) is 0 Å². The Balaban J connectivity index is 2.29. The molecular weight excluding hydrogens is 220 g/mol. The Morgan fingerprint density at radius 2 is 1.72 bits per heavy atom. The Bertz CT molecular complexity index is 294. The summed E-state index contributed by atoms with van der Waals surface area (Å²) in [6.07, 6.45) is 7.34. The molecule has 0 saturated carbocycles. The van der Waals surface area contributed by atoms with Crippen molar-refractivity contribution in [2.75, 3.05) is 6.61 Å². The van der Waals surface area contributed by atoms with Gasteiger partial charge in [-0.25, -0.2) is 0 Å². The predicted octanol–water partition coefficient (Wildman–Crippen LogP) is 4.76. The molecule has 0 amide bonds. The fourth-order valence-electron chi connectivity index (χ4n) is 2.44. The number of benzene rings is 1. The van der Waals surface area contributed by atoms with Crippen LogP contribution in [0.2, 0.25) is 0 Å². The Kier molecular flexibility index (Phi) is 7.75. The molecule has 0 fully saturated rings. The monoisotopic (exact) mass is 248 g/mol. The molecule has 0 aliphatic rings. The lowest BCUT2D eigenvalue weighted by Gasteiger charge is -2.17. The molecule has 0 spiro atoms. The van der Waals surface area contributed by atoms with Gasteiger partial charge in [0.15, 0.2) is 0 Å². The fraction of sp³-hybridized carbons (Fsp3) is 0.647. The molecule has 2 atom stereocenters. The highest BCUT2D eigenvalue weighted by molar-refractivity contribution is 5.18. The Morgan fingerprint density at radius 3 is 2.33 bits per heavy atom. The molecule has 102 valence electrons. The molecule has 0 saturated heterocycles. The summed E-state index contributed by atoms with van der Waals surface area (Å²) in [5.74, 6) is 1.11. The normalized spacial score (nSPS) is 14.4. The second-order valence-electron chi connectivity index (χ2n) is 5.43. The summed E-state index contributed by atoms with van der Waals surface area (Å²) in [5, 5.41) is 9.41. The summed E-state index contributed by atoms with van der Waals surface area (Å²) in [6.45, 7) is 4.87. The van der Waals surface area contributed by atoms with Gasteiger partial charge >= 0.3 is 0 Å². The molecule has 0 heterocycles. The van der Waals surface area contributed by atoms with Crippen LogP contribution in [0, 0.1) is 5.92 Å². The van der Waals surface area contributed by atoms with E-state index >= 15 is 0 Å². The summed E-state index contributed by atoms with van der Waals surface area (Å²) >= 11 is 0. The highest BCUT2D eigenvalue weighted by atomic mass is 16.3. The van der Waals surface area contributed by atoms with Gasteiger partial charge in [0.1, 0.15) is 0 Å². The van der Waals surface area contributed by atoms with E-state index in [1.807, 2.05) is 0 Å². The van der Waals surface area contributed by atoms with Gasteiger partial charge in [-0.15, -0.1) is 0 Å². The minimum atomic E-state index is 0.352. The highest BCUT2D eigenvalue weighted by Crippen LogP contribution is 2.24. The van der Waals surface area contributed by atoms with E-state index in [1.54, 1.807) is 0 Å². The lowest BCUT2D eigenvalue weighted by molar-refractivity contribution is 0.203. The Hall–Kier alpha value is -0.820. The molecule has 1 rings (SSSR count). The third kappa shape index (κ3) is 5.68. The van der Waals surface area contributed by atoms with Crippen molar-refractivity contribution in [1.29, 1.82) is 0 Å². The largest absolute Gasteiger partial charge is 0.396 e. The Labute approximate surface area is 112 Å². The van der Waals surface area contributed by atoms with Crippen LogP contribution in [0.5, 0.6) is 0 Å². The fourth-order valence-corrected chi connectivity index (χ4v) is 2.44. The van der Waals surface area contributed by atoms with E-state index in [9.17, 15) is 5.11 Å². The third-order valence-electron chi connectivity index (χ3n) is 3.85. The minimum absolute atomic E-state index is 0.352. The van der Waals surface area contributed by atoms with Gasteiger partial charge in [-0.1, -0.05) is 63.4 Å². The maximum atomic E-state index is 9.41. The van der Waals surface area contributed by atoms with E-state index in [0.717, 1.165) is 6.42 Å². The standard InChI is InChI=1S/C17H28O/c1-3-4-6-9-16(14-18)13-12-15(2)17-10-7-5-8-11-17/h5,7-8,10-11,15-16,18H,3-4,6,9,12-14H2,1-2H3. The molecule has 1 N–H and O–H groups in total. The first kappa shape index (κ1) is 15.2. The molecule has 1 aromatic carbocycles. The quantitative estimate of drug-likeness (QED) is 0.625. The molecule has 0 bridgehead atoms. The first-order valence-corrected chi connectivity index (χ1v) is 7.43. The van der Waals surface area contributed by atoms with Gasteiger partial charge in [-0.3, -0.25) is 0 Å². The number of aliphatic hydroxyl groups excluding tert-OH is 1. The zero-order valence-corrected chi connectivity index (χ0v) is 11.9. The molecule has 0 radical (unpaired) electrons. The van der Waals surface area contributed by atoms with Crippen LogP contribution in [0.4, 0.5) is 0 Å². The first-order chi connectivity index (χ1) is 8.77. The second kappa shape index (κ2) is 9.16. The predicted molar refractivity (Wildman–Crippen MR) is 78.8 cm³/mol. The van der Waals surface area contributed by atoms with Crippen LogP contribution in [-0.4, -0.2) is 11.7 Å². The summed E-state index contributed by atoms with van der Waals surface area (Å²) in [4.78, 5) is 0. The zero-order valence-electron chi connectivity index (χ0n) is 11.9. The lowest BCUT2D eigenvalue weighted by Crippen LogP contribution is -2.08. The maximum absolute atomic E-state index is 9.41. The highest BCUT2D eigenvalue weighted by Gasteiger charge is 2.11. The van der Waals surface area contributed by atoms with E-state index in [0.29, 0.717) is 18.4 Å². The van der Waals surface area contributed by atoms with Gasteiger partial charge in [0.2, 0.25) is 0 Å². The topological polar surface area (TPSA) is 20.2 Å². The number of unbranched alkanes of at least 4 members (excludes halogenated alkanes) is 2. The molecule has 1 aromatic rings. The summed E-state index contributed by atoms with van der Waals surface area (Å²) in [7, 11) is 0. The van der Waals surface area contributed by atoms with Gasteiger partial charge < -0.3 is 5.11 Å². The van der Waals surface area contributed by atoms with Crippen LogP contribution in [0.1, 0.15) is 63.9 Å². The molecular formula is C17H28O. The van der Waals surface area contributed by atoms with Crippen LogP contribution < -0.4 is 0 Å². The van der Waals surface area contributed by atoms with Gasteiger partial charge in [0, 0.05) is 6.61 Å². The van der Waals surface area contributed by atoms with Crippen molar-refractivity contribution in [1.82, 2.24) is 0 Å². The average molecular weight is 248 g/mol.